The van der Waals surface area contributed by atoms with Crippen LogP contribution in [0.2, 0.25) is 0 Å². The van der Waals surface area contributed by atoms with Gasteiger partial charge in [-0.15, -0.1) is 0 Å². The van der Waals surface area contributed by atoms with Gasteiger partial charge in [0.2, 0.25) is 0 Å². The molecule has 1 aromatic heterocycles. The SMILES string of the molecule is CCOC(c1nc(C)c(C)c(NN)n1)C1CC1. The zero-order chi connectivity index (χ0) is 12.4. The molecular formula is C12H20N4O. The molecule has 1 atom stereocenters. The van der Waals surface area contributed by atoms with Crippen molar-refractivity contribution in [2.75, 3.05) is 12.0 Å². The van der Waals surface area contributed by atoms with E-state index in [1.807, 2.05) is 20.8 Å². The van der Waals surface area contributed by atoms with E-state index in [-0.39, 0.29) is 6.10 Å². The molecule has 17 heavy (non-hydrogen) atoms. The second-order valence-electron chi connectivity index (χ2n) is 4.50. The van der Waals surface area contributed by atoms with Crippen LogP contribution in [0.15, 0.2) is 0 Å². The third kappa shape index (κ3) is 2.56. The van der Waals surface area contributed by atoms with E-state index >= 15 is 0 Å². The van der Waals surface area contributed by atoms with E-state index in [0.29, 0.717) is 18.3 Å². The van der Waals surface area contributed by atoms with Crippen molar-refractivity contribution in [3.05, 3.63) is 17.1 Å². The zero-order valence-electron chi connectivity index (χ0n) is 10.7. The van der Waals surface area contributed by atoms with E-state index in [1.54, 1.807) is 0 Å². The van der Waals surface area contributed by atoms with E-state index in [0.717, 1.165) is 17.1 Å². The Bertz CT molecular complexity index is 404. The van der Waals surface area contributed by atoms with Crippen LogP contribution in [0.4, 0.5) is 5.82 Å². The summed E-state index contributed by atoms with van der Waals surface area (Å²) in [4.78, 5) is 8.99. The lowest BCUT2D eigenvalue weighted by Gasteiger charge is -2.17. The molecule has 1 unspecified atom stereocenters. The average Bonchev–Trinajstić information content (AvgIpc) is 3.13. The predicted octanol–water partition coefficient (Wildman–Crippen LogP) is 1.87. The summed E-state index contributed by atoms with van der Waals surface area (Å²) in [6.07, 6.45) is 2.42. The Morgan fingerprint density at radius 2 is 2.12 bits per heavy atom. The molecular weight excluding hydrogens is 216 g/mol. The van der Waals surface area contributed by atoms with E-state index in [1.165, 1.54) is 12.8 Å². The van der Waals surface area contributed by atoms with Crippen molar-refractivity contribution in [1.82, 2.24) is 9.97 Å². The van der Waals surface area contributed by atoms with Crippen LogP contribution < -0.4 is 11.3 Å². The molecule has 5 nitrogen and oxygen atoms in total. The summed E-state index contributed by atoms with van der Waals surface area (Å²) in [6, 6.07) is 0. The van der Waals surface area contributed by atoms with Crippen molar-refractivity contribution in [3.8, 4) is 0 Å². The highest BCUT2D eigenvalue weighted by molar-refractivity contribution is 5.44. The number of hydrazine groups is 1. The summed E-state index contributed by atoms with van der Waals surface area (Å²) in [5, 5.41) is 0. The van der Waals surface area contributed by atoms with Crippen molar-refractivity contribution in [2.24, 2.45) is 11.8 Å². The first-order chi connectivity index (χ1) is 8.17. The van der Waals surface area contributed by atoms with Crippen molar-refractivity contribution in [1.29, 1.82) is 0 Å². The van der Waals surface area contributed by atoms with Gasteiger partial charge in [0.25, 0.3) is 0 Å². The van der Waals surface area contributed by atoms with E-state index in [4.69, 9.17) is 10.6 Å². The molecule has 94 valence electrons. The predicted molar refractivity (Wildman–Crippen MR) is 66.4 cm³/mol. The fourth-order valence-corrected chi connectivity index (χ4v) is 1.92. The van der Waals surface area contributed by atoms with Gasteiger partial charge in [-0.1, -0.05) is 0 Å². The quantitative estimate of drug-likeness (QED) is 0.603. The van der Waals surface area contributed by atoms with E-state index < -0.39 is 0 Å². The lowest BCUT2D eigenvalue weighted by molar-refractivity contribution is 0.0400. The van der Waals surface area contributed by atoms with Gasteiger partial charge >= 0.3 is 0 Å². The molecule has 0 aromatic carbocycles. The number of anilines is 1. The van der Waals surface area contributed by atoms with Crippen molar-refractivity contribution >= 4 is 5.82 Å². The summed E-state index contributed by atoms with van der Waals surface area (Å²) < 4.78 is 5.75. The summed E-state index contributed by atoms with van der Waals surface area (Å²) in [5.74, 6) is 7.49. The maximum Gasteiger partial charge on any atom is 0.160 e. The molecule has 5 heteroatoms. The topological polar surface area (TPSA) is 73.1 Å². The molecule has 0 amide bonds. The van der Waals surface area contributed by atoms with Gasteiger partial charge in [-0.3, -0.25) is 0 Å². The number of ether oxygens (including phenoxy) is 1. The van der Waals surface area contributed by atoms with Crippen LogP contribution in [-0.2, 0) is 4.74 Å². The fourth-order valence-electron chi connectivity index (χ4n) is 1.92. The normalized spacial score (nSPS) is 16.9. The number of nitrogens with one attached hydrogen (secondary N) is 1. The Labute approximate surface area is 102 Å². The summed E-state index contributed by atoms with van der Waals surface area (Å²) in [7, 11) is 0. The van der Waals surface area contributed by atoms with Gasteiger partial charge in [0, 0.05) is 17.9 Å². The molecule has 1 aliphatic carbocycles. The number of nitrogens with two attached hydrogens (primary N) is 1. The highest BCUT2D eigenvalue weighted by atomic mass is 16.5. The lowest BCUT2D eigenvalue weighted by atomic mass is 10.2. The van der Waals surface area contributed by atoms with Gasteiger partial charge in [-0.25, -0.2) is 15.8 Å². The maximum absolute atomic E-state index is 5.75. The van der Waals surface area contributed by atoms with Crippen molar-refractivity contribution in [3.63, 3.8) is 0 Å². The first-order valence-corrected chi connectivity index (χ1v) is 6.10. The minimum Gasteiger partial charge on any atom is -0.370 e. The summed E-state index contributed by atoms with van der Waals surface area (Å²) >= 11 is 0. The fraction of sp³-hybridized carbons (Fsp3) is 0.667. The number of rotatable bonds is 5. The zero-order valence-corrected chi connectivity index (χ0v) is 10.7. The lowest BCUT2D eigenvalue weighted by Crippen LogP contribution is -2.17. The van der Waals surface area contributed by atoms with Crippen molar-refractivity contribution < 1.29 is 4.74 Å². The summed E-state index contributed by atoms with van der Waals surface area (Å²) in [5.41, 5.74) is 4.57. The Hall–Kier alpha value is -1.20. The Morgan fingerprint density at radius 3 is 2.65 bits per heavy atom. The summed E-state index contributed by atoms with van der Waals surface area (Å²) in [6.45, 7) is 6.61. The molecule has 1 aromatic rings. The molecule has 1 saturated carbocycles. The average molecular weight is 236 g/mol. The van der Waals surface area contributed by atoms with Gasteiger partial charge in [0.1, 0.15) is 11.9 Å². The van der Waals surface area contributed by atoms with Gasteiger partial charge in [-0.05, 0) is 39.5 Å². The molecule has 0 aliphatic heterocycles. The first kappa shape index (κ1) is 12.3. The van der Waals surface area contributed by atoms with E-state index in [2.05, 4.69) is 15.4 Å². The molecule has 2 rings (SSSR count). The smallest absolute Gasteiger partial charge is 0.160 e. The Balaban J connectivity index is 2.32. The molecule has 0 spiro atoms. The molecule has 1 fully saturated rings. The Kier molecular flexibility index (Phi) is 3.59. The van der Waals surface area contributed by atoms with Crippen LogP contribution in [0.5, 0.6) is 0 Å². The van der Waals surface area contributed by atoms with E-state index in [9.17, 15) is 0 Å². The second kappa shape index (κ2) is 4.98. The monoisotopic (exact) mass is 236 g/mol. The Morgan fingerprint density at radius 1 is 1.41 bits per heavy atom. The van der Waals surface area contributed by atoms with Gasteiger partial charge in [0.05, 0.1) is 0 Å². The highest BCUT2D eigenvalue weighted by Gasteiger charge is 2.35. The first-order valence-electron chi connectivity index (χ1n) is 6.10. The van der Waals surface area contributed by atoms with Crippen molar-refractivity contribution in [2.45, 2.75) is 39.7 Å². The highest BCUT2D eigenvalue weighted by Crippen LogP contribution is 2.42. The number of hydrogen-bond donors (Lipinski definition) is 2. The second-order valence-corrected chi connectivity index (χ2v) is 4.50. The minimum absolute atomic E-state index is 0.0198. The molecule has 1 aliphatic rings. The number of hydrogen-bond acceptors (Lipinski definition) is 5. The van der Waals surface area contributed by atoms with Crippen LogP contribution in [0.1, 0.15) is 43.0 Å². The number of aromatic nitrogens is 2. The third-order valence-corrected chi connectivity index (χ3v) is 3.19. The minimum atomic E-state index is 0.0198. The number of aryl methyl sites for hydroxylation is 1. The molecule has 0 bridgehead atoms. The third-order valence-electron chi connectivity index (χ3n) is 3.19. The maximum atomic E-state index is 5.75. The van der Waals surface area contributed by atoms with Crippen LogP contribution in [0.3, 0.4) is 0 Å². The van der Waals surface area contributed by atoms with Gasteiger partial charge in [-0.2, -0.15) is 0 Å². The largest absolute Gasteiger partial charge is 0.370 e. The van der Waals surface area contributed by atoms with Gasteiger partial charge in [0.15, 0.2) is 5.82 Å². The van der Waals surface area contributed by atoms with Crippen LogP contribution in [0.25, 0.3) is 0 Å². The number of nitrogen functional groups attached to an aromatic ring is 1. The van der Waals surface area contributed by atoms with Gasteiger partial charge < -0.3 is 10.2 Å². The molecule has 0 radical (unpaired) electrons. The molecule has 3 N–H and O–H groups in total. The molecule has 0 saturated heterocycles. The number of nitrogens with zero attached hydrogens (tertiary/aromatic N) is 2. The van der Waals surface area contributed by atoms with Crippen LogP contribution >= 0.6 is 0 Å². The van der Waals surface area contributed by atoms with Crippen LogP contribution in [-0.4, -0.2) is 16.6 Å². The standard InChI is InChI=1S/C12H20N4O/c1-4-17-10(9-5-6-9)12-14-8(3)7(2)11(15-12)16-13/h9-10H,4-6,13H2,1-3H3,(H,14,15,16). The van der Waals surface area contributed by atoms with Crippen LogP contribution in [0, 0.1) is 19.8 Å². The molecule has 1 heterocycles.